The summed E-state index contributed by atoms with van der Waals surface area (Å²) in [5, 5.41) is 5.35. The Morgan fingerprint density at radius 1 is 1.00 bits per heavy atom. The Morgan fingerprint density at radius 2 is 1.70 bits per heavy atom. The Hall–Kier alpha value is -2.71. The molecule has 0 spiro atoms. The zero-order valence-electron chi connectivity index (χ0n) is 15.3. The van der Waals surface area contributed by atoms with Gasteiger partial charge in [-0.1, -0.05) is 19.1 Å². The molecule has 2 rings (SSSR count). The number of benzene rings is 2. The van der Waals surface area contributed by atoms with Crippen LogP contribution >= 0.6 is 0 Å². The van der Waals surface area contributed by atoms with E-state index >= 15 is 0 Å². The van der Waals surface area contributed by atoms with Crippen molar-refractivity contribution in [3.05, 3.63) is 59.7 Å². The van der Waals surface area contributed by atoms with Crippen molar-refractivity contribution in [1.29, 1.82) is 0 Å². The lowest BCUT2D eigenvalue weighted by molar-refractivity contribution is -0.115. The number of sulfonamides is 1. The van der Waals surface area contributed by atoms with Crippen molar-refractivity contribution >= 4 is 27.5 Å². The molecule has 0 saturated heterocycles. The average Bonchev–Trinajstić information content (AvgIpc) is 2.65. The third-order valence-corrected chi connectivity index (χ3v) is 5.21. The standard InChI is InChI=1S/C19H23N3O4S/c1-3-18(23)22-16-9-7-15(8-10-16)19(24)20-11-12-21-27(25,26)17-6-4-5-14(2)13-17/h4-10,13,21H,3,11-12H2,1-2H3,(H,20,24)(H,22,23). The predicted molar refractivity (Wildman–Crippen MR) is 104 cm³/mol. The number of hydrogen-bond acceptors (Lipinski definition) is 4. The molecule has 0 saturated carbocycles. The van der Waals surface area contributed by atoms with Crippen molar-refractivity contribution in [2.75, 3.05) is 18.4 Å². The topological polar surface area (TPSA) is 104 Å². The summed E-state index contributed by atoms with van der Waals surface area (Å²) in [6.45, 7) is 3.80. The van der Waals surface area contributed by atoms with Crippen LogP contribution in [-0.2, 0) is 14.8 Å². The second-order valence-electron chi connectivity index (χ2n) is 5.95. The molecule has 3 N–H and O–H groups in total. The first kappa shape index (κ1) is 20.6. The van der Waals surface area contributed by atoms with E-state index in [4.69, 9.17) is 0 Å². The summed E-state index contributed by atoms with van der Waals surface area (Å²) >= 11 is 0. The molecular formula is C19H23N3O4S. The number of rotatable bonds is 8. The van der Waals surface area contributed by atoms with E-state index in [1.807, 2.05) is 13.0 Å². The highest BCUT2D eigenvalue weighted by Gasteiger charge is 2.13. The molecule has 0 aromatic heterocycles. The molecule has 7 nitrogen and oxygen atoms in total. The molecule has 0 aliphatic heterocycles. The van der Waals surface area contributed by atoms with Gasteiger partial charge in [-0.05, 0) is 48.9 Å². The minimum Gasteiger partial charge on any atom is -0.351 e. The van der Waals surface area contributed by atoms with Crippen molar-refractivity contribution in [1.82, 2.24) is 10.0 Å². The summed E-state index contributed by atoms with van der Waals surface area (Å²) in [6.07, 6.45) is 0.376. The zero-order chi connectivity index (χ0) is 19.9. The molecule has 144 valence electrons. The van der Waals surface area contributed by atoms with Crippen LogP contribution in [0.4, 0.5) is 5.69 Å². The molecule has 0 aliphatic carbocycles. The van der Waals surface area contributed by atoms with E-state index in [2.05, 4.69) is 15.4 Å². The quantitative estimate of drug-likeness (QED) is 0.601. The maximum atomic E-state index is 12.2. The number of nitrogens with one attached hydrogen (secondary N) is 3. The van der Waals surface area contributed by atoms with Gasteiger partial charge in [-0.2, -0.15) is 0 Å². The Balaban J connectivity index is 1.83. The van der Waals surface area contributed by atoms with Crippen LogP contribution in [0.2, 0.25) is 0 Å². The summed E-state index contributed by atoms with van der Waals surface area (Å²) in [5.74, 6) is -0.425. The largest absolute Gasteiger partial charge is 0.351 e. The minimum atomic E-state index is -3.61. The molecule has 0 unspecified atom stereocenters. The van der Waals surface area contributed by atoms with Gasteiger partial charge in [-0.3, -0.25) is 9.59 Å². The van der Waals surface area contributed by atoms with E-state index in [9.17, 15) is 18.0 Å². The van der Waals surface area contributed by atoms with Gasteiger partial charge in [-0.15, -0.1) is 0 Å². The van der Waals surface area contributed by atoms with Crippen molar-refractivity contribution < 1.29 is 18.0 Å². The van der Waals surface area contributed by atoms with Crippen LogP contribution in [0, 0.1) is 6.92 Å². The third-order valence-electron chi connectivity index (χ3n) is 3.75. The van der Waals surface area contributed by atoms with E-state index in [-0.39, 0.29) is 29.8 Å². The van der Waals surface area contributed by atoms with Gasteiger partial charge < -0.3 is 10.6 Å². The van der Waals surface area contributed by atoms with Crippen LogP contribution < -0.4 is 15.4 Å². The number of aryl methyl sites for hydroxylation is 1. The highest BCUT2D eigenvalue weighted by molar-refractivity contribution is 7.89. The normalized spacial score (nSPS) is 11.0. The lowest BCUT2D eigenvalue weighted by Gasteiger charge is -2.09. The average molecular weight is 389 g/mol. The first-order valence-corrected chi connectivity index (χ1v) is 10.0. The number of hydrogen-bond donors (Lipinski definition) is 3. The van der Waals surface area contributed by atoms with Gasteiger partial charge in [0.05, 0.1) is 4.90 Å². The highest BCUT2D eigenvalue weighted by Crippen LogP contribution is 2.11. The van der Waals surface area contributed by atoms with E-state index in [1.165, 1.54) is 6.07 Å². The smallest absolute Gasteiger partial charge is 0.251 e. The number of carbonyl (C=O) groups is 2. The summed E-state index contributed by atoms with van der Waals surface area (Å²) in [6, 6.07) is 13.1. The first-order valence-electron chi connectivity index (χ1n) is 8.56. The van der Waals surface area contributed by atoms with Crippen LogP contribution in [0.3, 0.4) is 0 Å². The van der Waals surface area contributed by atoms with Gasteiger partial charge in [0.25, 0.3) is 5.91 Å². The fourth-order valence-corrected chi connectivity index (χ4v) is 3.42. The van der Waals surface area contributed by atoms with Crippen molar-refractivity contribution in [3.8, 4) is 0 Å². The Kier molecular flexibility index (Phi) is 7.09. The van der Waals surface area contributed by atoms with Gasteiger partial charge in [0, 0.05) is 30.8 Å². The lowest BCUT2D eigenvalue weighted by atomic mass is 10.2. The van der Waals surface area contributed by atoms with Crippen molar-refractivity contribution in [2.24, 2.45) is 0 Å². The zero-order valence-corrected chi connectivity index (χ0v) is 16.1. The summed E-state index contributed by atoms with van der Waals surface area (Å²) in [7, 11) is -3.61. The molecule has 2 aromatic carbocycles. The van der Waals surface area contributed by atoms with Gasteiger partial charge in [-0.25, -0.2) is 13.1 Å². The molecule has 0 heterocycles. The Bertz CT molecular complexity index is 909. The minimum absolute atomic E-state index is 0.0760. The lowest BCUT2D eigenvalue weighted by Crippen LogP contribution is -2.34. The summed E-state index contributed by atoms with van der Waals surface area (Å²) in [5.41, 5.74) is 1.89. The van der Waals surface area contributed by atoms with Crippen LogP contribution in [0.5, 0.6) is 0 Å². The molecule has 0 atom stereocenters. The Labute approximate surface area is 159 Å². The first-order chi connectivity index (χ1) is 12.8. The van der Waals surface area contributed by atoms with Gasteiger partial charge in [0.1, 0.15) is 0 Å². The highest BCUT2D eigenvalue weighted by atomic mass is 32.2. The second kappa shape index (κ2) is 9.29. The van der Waals surface area contributed by atoms with Gasteiger partial charge in [0.15, 0.2) is 0 Å². The monoisotopic (exact) mass is 389 g/mol. The molecule has 2 amide bonds. The molecule has 0 bridgehead atoms. The molecule has 27 heavy (non-hydrogen) atoms. The number of amides is 2. The van der Waals surface area contributed by atoms with Crippen molar-refractivity contribution in [2.45, 2.75) is 25.2 Å². The van der Waals surface area contributed by atoms with Crippen LogP contribution in [-0.4, -0.2) is 33.3 Å². The van der Waals surface area contributed by atoms with Crippen LogP contribution in [0.1, 0.15) is 29.3 Å². The maximum Gasteiger partial charge on any atom is 0.251 e. The van der Waals surface area contributed by atoms with Gasteiger partial charge >= 0.3 is 0 Å². The molecule has 8 heteroatoms. The maximum absolute atomic E-state index is 12.2. The van der Waals surface area contributed by atoms with E-state index < -0.39 is 10.0 Å². The molecule has 0 aliphatic rings. The molecule has 2 aromatic rings. The van der Waals surface area contributed by atoms with E-state index in [0.29, 0.717) is 17.7 Å². The number of carbonyl (C=O) groups excluding carboxylic acids is 2. The fourth-order valence-electron chi connectivity index (χ4n) is 2.28. The fraction of sp³-hybridized carbons (Fsp3) is 0.263. The van der Waals surface area contributed by atoms with Crippen molar-refractivity contribution in [3.63, 3.8) is 0 Å². The van der Waals surface area contributed by atoms with Crippen LogP contribution in [0.25, 0.3) is 0 Å². The number of anilines is 1. The van der Waals surface area contributed by atoms with Crippen LogP contribution in [0.15, 0.2) is 53.4 Å². The summed E-state index contributed by atoms with van der Waals surface area (Å²) in [4.78, 5) is 23.6. The predicted octanol–water partition coefficient (Wildman–Crippen LogP) is 2.05. The van der Waals surface area contributed by atoms with Gasteiger partial charge in [0.2, 0.25) is 15.9 Å². The third kappa shape index (κ3) is 6.19. The summed E-state index contributed by atoms with van der Waals surface area (Å²) < 4.78 is 26.8. The molecule has 0 radical (unpaired) electrons. The second-order valence-corrected chi connectivity index (χ2v) is 7.72. The molecular weight excluding hydrogens is 366 g/mol. The molecule has 0 fully saturated rings. The van der Waals surface area contributed by atoms with E-state index in [0.717, 1.165) is 5.56 Å². The van der Waals surface area contributed by atoms with E-state index in [1.54, 1.807) is 43.3 Å². The SMILES string of the molecule is CCC(=O)Nc1ccc(C(=O)NCCNS(=O)(=O)c2cccc(C)c2)cc1. The Morgan fingerprint density at radius 3 is 2.33 bits per heavy atom.